The molecule has 2 heterocycles. The Labute approximate surface area is 253 Å². The maximum Gasteiger partial charge on any atom is 0.492 e. The number of hydrogen-bond donors (Lipinski definition) is 6. The Morgan fingerprint density at radius 2 is 1.73 bits per heavy atom. The van der Waals surface area contributed by atoms with Gasteiger partial charge in [0.05, 0.1) is 17.2 Å². The topological polar surface area (TPSA) is 186 Å². The van der Waals surface area contributed by atoms with Crippen molar-refractivity contribution in [3.05, 3.63) is 59.2 Å². The van der Waals surface area contributed by atoms with Crippen LogP contribution >= 0.6 is 0 Å². The van der Waals surface area contributed by atoms with Crippen LogP contribution in [-0.4, -0.2) is 72.0 Å². The first kappa shape index (κ1) is 33.4. The average molecular weight is 618 g/mol. The van der Waals surface area contributed by atoms with Gasteiger partial charge in [-0.2, -0.15) is 13.2 Å². The number of alkyl halides is 3. The fourth-order valence-corrected chi connectivity index (χ4v) is 5.53. The van der Waals surface area contributed by atoms with E-state index in [-0.39, 0.29) is 37.3 Å². The molecule has 3 amide bonds. The standard InChI is InChI=1S/C29H38BF3N6O5/c1-28(2)21-8-7-20(13-22(21)30(43)44-28)37-27(42)24(11-16-3-5-17(6-4-16)29(31,32)33)38-26(41)23(36)9-10-25(40)39-14-18(34)12-19(35)15-39/h3-8,13,18-19,23-24,43H,9-12,14-15,34-36H2,1-2H3,(H,37,42)(H,38,41)/t18-,19-,23-,24+/m0/s1. The fourth-order valence-electron chi connectivity index (χ4n) is 5.53. The summed E-state index contributed by atoms with van der Waals surface area (Å²) >= 11 is 0. The van der Waals surface area contributed by atoms with Gasteiger partial charge in [-0.3, -0.25) is 14.4 Å². The molecule has 15 heteroatoms. The number of amides is 3. The Morgan fingerprint density at radius 3 is 2.34 bits per heavy atom. The molecule has 0 radical (unpaired) electrons. The third kappa shape index (κ3) is 8.15. The number of carbonyl (C=O) groups is 3. The van der Waals surface area contributed by atoms with E-state index in [1.807, 2.05) is 0 Å². The van der Waals surface area contributed by atoms with Crippen LogP contribution in [0, 0.1) is 0 Å². The Hall–Kier alpha value is -3.50. The predicted molar refractivity (Wildman–Crippen MR) is 158 cm³/mol. The molecule has 2 aromatic rings. The number of nitrogens with one attached hydrogen (secondary N) is 2. The summed E-state index contributed by atoms with van der Waals surface area (Å²) in [6, 6.07) is 6.27. The van der Waals surface area contributed by atoms with Crippen molar-refractivity contribution in [2.24, 2.45) is 17.2 Å². The number of hydrogen-bond acceptors (Lipinski definition) is 8. The van der Waals surface area contributed by atoms with Crippen molar-refractivity contribution in [2.75, 3.05) is 18.4 Å². The third-order valence-electron chi connectivity index (χ3n) is 7.87. The van der Waals surface area contributed by atoms with Crippen LogP contribution in [-0.2, 0) is 37.2 Å². The van der Waals surface area contributed by atoms with Gasteiger partial charge in [0.25, 0.3) is 0 Å². The van der Waals surface area contributed by atoms with E-state index in [4.69, 9.17) is 21.9 Å². The number of nitrogens with two attached hydrogens (primary N) is 3. The van der Waals surface area contributed by atoms with Crippen LogP contribution in [0.3, 0.4) is 0 Å². The maximum atomic E-state index is 13.4. The van der Waals surface area contributed by atoms with Crippen molar-refractivity contribution in [2.45, 2.75) is 75.5 Å². The molecule has 44 heavy (non-hydrogen) atoms. The number of fused-ring (bicyclic) bond motifs is 1. The summed E-state index contributed by atoms with van der Waals surface area (Å²) in [4.78, 5) is 40.7. The minimum atomic E-state index is -4.53. The maximum absolute atomic E-state index is 13.4. The summed E-state index contributed by atoms with van der Waals surface area (Å²) in [7, 11) is -1.20. The van der Waals surface area contributed by atoms with Crippen LogP contribution in [0.4, 0.5) is 18.9 Å². The monoisotopic (exact) mass is 618 g/mol. The summed E-state index contributed by atoms with van der Waals surface area (Å²) in [5.41, 5.74) is 18.3. The molecule has 2 aliphatic heterocycles. The zero-order chi connectivity index (χ0) is 32.4. The second-order valence-corrected chi connectivity index (χ2v) is 11.9. The van der Waals surface area contributed by atoms with E-state index in [1.165, 1.54) is 12.1 Å². The van der Waals surface area contributed by atoms with Gasteiger partial charge in [0.15, 0.2) is 0 Å². The minimum Gasteiger partial charge on any atom is -0.423 e. The summed E-state index contributed by atoms with van der Waals surface area (Å²) in [5.74, 6) is -1.62. The quantitative estimate of drug-likeness (QED) is 0.217. The molecule has 1 saturated heterocycles. The molecule has 11 nitrogen and oxygen atoms in total. The molecule has 2 aromatic carbocycles. The van der Waals surface area contributed by atoms with Crippen LogP contribution in [0.2, 0.25) is 0 Å². The smallest absolute Gasteiger partial charge is 0.423 e. The number of rotatable bonds is 9. The molecule has 4 rings (SSSR count). The Morgan fingerprint density at radius 1 is 1.09 bits per heavy atom. The van der Waals surface area contributed by atoms with E-state index in [0.717, 1.165) is 17.7 Å². The fraction of sp³-hybridized carbons (Fsp3) is 0.483. The summed E-state index contributed by atoms with van der Waals surface area (Å²) in [5, 5.41) is 15.6. The first-order chi connectivity index (χ1) is 20.5. The van der Waals surface area contributed by atoms with Gasteiger partial charge >= 0.3 is 13.3 Å². The van der Waals surface area contributed by atoms with E-state index < -0.39 is 48.4 Å². The molecule has 0 unspecified atom stereocenters. The molecule has 9 N–H and O–H groups in total. The lowest BCUT2D eigenvalue weighted by Gasteiger charge is -2.34. The Bertz CT molecular complexity index is 1370. The minimum absolute atomic E-state index is 0.0151. The molecule has 0 bridgehead atoms. The van der Waals surface area contributed by atoms with Gasteiger partial charge in [-0.15, -0.1) is 0 Å². The van der Waals surface area contributed by atoms with E-state index in [1.54, 1.807) is 36.9 Å². The first-order valence-corrected chi connectivity index (χ1v) is 14.4. The van der Waals surface area contributed by atoms with Crippen LogP contribution in [0.5, 0.6) is 0 Å². The van der Waals surface area contributed by atoms with Gasteiger partial charge in [-0.05, 0) is 67.5 Å². The number of halogens is 3. The largest absolute Gasteiger partial charge is 0.492 e. The van der Waals surface area contributed by atoms with Gasteiger partial charge in [0.1, 0.15) is 6.04 Å². The normalized spacial score (nSPS) is 20.9. The molecule has 2 aliphatic rings. The van der Waals surface area contributed by atoms with Crippen molar-refractivity contribution >= 4 is 36.0 Å². The van der Waals surface area contributed by atoms with Crippen LogP contribution < -0.4 is 33.3 Å². The van der Waals surface area contributed by atoms with Crippen LogP contribution in [0.1, 0.15) is 49.8 Å². The van der Waals surface area contributed by atoms with Crippen LogP contribution in [0.15, 0.2) is 42.5 Å². The predicted octanol–water partition coefficient (Wildman–Crippen LogP) is 0.319. The van der Waals surface area contributed by atoms with Gasteiger partial charge < -0.3 is 42.4 Å². The van der Waals surface area contributed by atoms with Crippen molar-refractivity contribution in [1.82, 2.24) is 10.2 Å². The molecular formula is C29H38BF3N6O5. The highest BCUT2D eigenvalue weighted by Crippen LogP contribution is 2.31. The second kappa shape index (κ2) is 13.2. The van der Waals surface area contributed by atoms with Gasteiger partial charge in [-0.25, -0.2) is 0 Å². The van der Waals surface area contributed by atoms with Crippen molar-refractivity contribution in [3.63, 3.8) is 0 Å². The molecule has 0 spiro atoms. The number of nitrogens with zero attached hydrogens (tertiary/aromatic N) is 1. The summed E-state index contributed by atoms with van der Waals surface area (Å²) < 4.78 is 44.8. The van der Waals surface area contributed by atoms with Crippen molar-refractivity contribution < 1.29 is 37.2 Å². The molecular weight excluding hydrogens is 580 g/mol. The number of likely N-dealkylation sites (tertiary alicyclic amines) is 1. The van der Waals surface area contributed by atoms with Gasteiger partial charge in [0.2, 0.25) is 17.7 Å². The van der Waals surface area contributed by atoms with Gasteiger partial charge in [0, 0.05) is 43.7 Å². The highest BCUT2D eigenvalue weighted by Gasteiger charge is 2.40. The summed E-state index contributed by atoms with van der Waals surface area (Å²) in [6.07, 6.45) is -4.13. The molecule has 1 fully saturated rings. The molecule has 238 valence electrons. The molecule has 0 aromatic heterocycles. The van der Waals surface area contributed by atoms with Crippen molar-refractivity contribution in [1.29, 1.82) is 0 Å². The zero-order valence-corrected chi connectivity index (χ0v) is 24.6. The van der Waals surface area contributed by atoms with E-state index in [2.05, 4.69) is 10.6 Å². The van der Waals surface area contributed by atoms with E-state index in [0.29, 0.717) is 36.2 Å². The molecule has 0 saturated carbocycles. The number of carbonyl (C=O) groups excluding carboxylic acids is 3. The lowest BCUT2D eigenvalue weighted by Crippen LogP contribution is -2.54. The highest BCUT2D eigenvalue weighted by atomic mass is 19.4. The first-order valence-electron chi connectivity index (χ1n) is 14.4. The summed E-state index contributed by atoms with van der Waals surface area (Å²) in [6.45, 7) is 4.30. The average Bonchev–Trinajstić information content (AvgIpc) is 3.17. The lowest BCUT2D eigenvalue weighted by atomic mass is 9.78. The number of benzene rings is 2. The van der Waals surface area contributed by atoms with E-state index >= 15 is 0 Å². The van der Waals surface area contributed by atoms with Gasteiger partial charge in [-0.1, -0.05) is 18.2 Å². The zero-order valence-electron chi connectivity index (χ0n) is 24.6. The van der Waals surface area contributed by atoms with E-state index in [9.17, 15) is 32.6 Å². The SMILES string of the molecule is CC1(C)OB(O)c2cc(NC(=O)[C@@H](Cc3ccc(C(F)(F)F)cc3)NC(=O)[C@@H](N)CCC(=O)N3C[C@@H](N)C[C@H](N)C3)ccc21. The molecule has 0 aliphatic carbocycles. The lowest BCUT2D eigenvalue weighted by molar-refractivity contribution is -0.137. The second-order valence-electron chi connectivity index (χ2n) is 11.9. The Kier molecular flexibility index (Phi) is 10.1. The van der Waals surface area contributed by atoms with Crippen LogP contribution in [0.25, 0.3) is 0 Å². The number of anilines is 1. The Balaban J connectivity index is 1.45. The number of piperidine rings is 1. The van der Waals surface area contributed by atoms with Crippen molar-refractivity contribution in [3.8, 4) is 0 Å². The third-order valence-corrected chi connectivity index (χ3v) is 7.87. The molecule has 4 atom stereocenters. The highest BCUT2D eigenvalue weighted by molar-refractivity contribution is 6.62.